The highest BCUT2D eigenvalue weighted by Gasteiger charge is 2.51. The zero-order valence-corrected chi connectivity index (χ0v) is 15.7. The Morgan fingerprint density at radius 1 is 1.12 bits per heavy atom. The number of carbonyl (C=O) groups is 3. The van der Waals surface area contributed by atoms with Gasteiger partial charge in [0, 0.05) is 6.42 Å². The molecule has 0 spiro atoms. The monoisotopic (exact) mass is 375 g/mol. The Kier molecular flexibility index (Phi) is 4.86. The predicted molar refractivity (Wildman–Crippen MR) is 97.8 cm³/mol. The van der Waals surface area contributed by atoms with Crippen LogP contribution in [0.25, 0.3) is 0 Å². The second-order valence-electron chi connectivity index (χ2n) is 8.43. The summed E-state index contributed by atoms with van der Waals surface area (Å²) in [6.07, 6.45) is 8.10. The molecular formula is C20H25NO4S. The summed E-state index contributed by atoms with van der Waals surface area (Å²) in [5.74, 6) is 1.59. The Morgan fingerprint density at radius 2 is 1.77 bits per heavy atom. The van der Waals surface area contributed by atoms with Crippen molar-refractivity contribution in [3.8, 4) is 0 Å². The van der Waals surface area contributed by atoms with Crippen LogP contribution in [0.4, 0.5) is 0 Å². The fraction of sp³-hybridized carbons (Fsp3) is 0.650. The van der Waals surface area contributed by atoms with Crippen LogP contribution in [-0.2, 0) is 14.3 Å². The number of ketones is 1. The molecule has 4 saturated carbocycles. The van der Waals surface area contributed by atoms with Crippen LogP contribution in [0, 0.1) is 23.2 Å². The quantitative estimate of drug-likeness (QED) is 0.587. The number of rotatable bonds is 7. The van der Waals surface area contributed by atoms with Crippen LogP contribution in [-0.4, -0.2) is 30.8 Å². The number of Topliss-reactive ketones (excluding diaryl/α,β-unsaturated/α-hetero) is 1. The van der Waals surface area contributed by atoms with Crippen LogP contribution >= 0.6 is 11.3 Å². The minimum Gasteiger partial charge on any atom is -0.456 e. The van der Waals surface area contributed by atoms with Gasteiger partial charge in [-0.05, 0) is 73.1 Å². The maximum Gasteiger partial charge on any atom is 0.325 e. The molecule has 4 aliphatic carbocycles. The molecule has 1 amide bonds. The number of amides is 1. The fourth-order valence-electron chi connectivity index (χ4n) is 5.79. The van der Waals surface area contributed by atoms with Crippen LogP contribution in [0.15, 0.2) is 17.5 Å². The van der Waals surface area contributed by atoms with Gasteiger partial charge >= 0.3 is 5.97 Å². The normalized spacial score (nSPS) is 31.6. The van der Waals surface area contributed by atoms with E-state index >= 15 is 0 Å². The number of carbonyl (C=O) groups excluding carboxylic acids is 3. The van der Waals surface area contributed by atoms with Gasteiger partial charge in [-0.2, -0.15) is 0 Å². The highest BCUT2D eigenvalue weighted by molar-refractivity contribution is 7.12. The number of hydrogen-bond acceptors (Lipinski definition) is 5. The molecule has 4 bridgehead atoms. The van der Waals surface area contributed by atoms with Crippen LogP contribution in [0.5, 0.6) is 0 Å². The van der Waals surface area contributed by atoms with E-state index < -0.39 is 5.97 Å². The molecule has 26 heavy (non-hydrogen) atoms. The zero-order valence-electron chi connectivity index (χ0n) is 14.9. The van der Waals surface area contributed by atoms with E-state index in [-0.39, 0.29) is 30.3 Å². The molecule has 0 unspecified atom stereocenters. The lowest BCUT2D eigenvalue weighted by molar-refractivity contribution is -0.143. The summed E-state index contributed by atoms with van der Waals surface area (Å²) in [6, 6.07) is 3.48. The second kappa shape index (κ2) is 7.14. The molecule has 4 fully saturated rings. The molecule has 1 aromatic rings. The molecule has 0 saturated heterocycles. The summed E-state index contributed by atoms with van der Waals surface area (Å²) in [5, 5.41) is 4.50. The largest absolute Gasteiger partial charge is 0.456 e. The van der Waals surface area contributed by atoms with Crippen molar-refractivity contribution < 1.29 is 19.1 Å². The summed E-state index contributed by atoms with van der Waals surface area (Å²) in [5.41, 5.74) is 0.165. The van der Waals surface area contributed by atoms with E-state index in [0.717, 1.165) is 17.8 Å². The van der Waals surface area contributed by atoms with Crippen molar-refractivity contribution in [1.29, 1.82) is 0 Å². The first-order chi connectivity index (χ1) is 12.5. The average Bonchev–Trinajstić information content (AvgIpc) is 3.11. The van der Waals surface area contributed by atoms with E-state index in [4.69, 9.17) is 4.74 Å². The number of hydrogen-bond donors (Lipinski definition) is 1. The van der Waals surface area contributed by atoms with Crippen molar-refractivity contribution in [3.63, 3.8) is 0 Å². The minimum absolute atomic E-state index is 0.0616. The number of ether oxygens (including phenoxy) is 1. The lowest BCUT2D eigenvalue weighted by Crippen LogP contribution is -2.48. The first-order valence-electron chi connectivity index (χ1n) is 9.50. The number of esters is 1. The van der Waals surface area contributed by atoms with Gasteiger partial charge in [0.25, 0.3) is 0 Å². The van der Waals surface area contributed by atoms with Crippen LogP contribution in [0.3, 0.4) is 0 Å². The molecule has 4 aliphatic rings. The Bertz CT molecular complexity index is 661. The minimum atomic E-state index is -0.561. The second-order valence-corrected chi connectivity index (χ2v) is 9.38. The van der Waals surface area contributed by atoms with Crippen LogP contribution < -0.4 is 5.32 Å². The summed E-state index contributed by atoms with van der Waals surface area (Å²) >= 11 is 1.32. The van der Waals surface area contributed by atoms with Crippen molar-refractivity contribution in [2.45, 2.75) is 44.9 Å². The van der Waals surface area contributed by atoms with E-state index in [2.05, 4.69) is 5.32 Å². The van der Waals surface area contributed by atoms with Crippen LogP contribution in [0.1, 0.15) is 54.6 Å². The molecule has 5 nitrogen and oxygen atoms in total. The molecule has 0 atom stereocenters. The van der Waals surface area contributed by atoms with E-state index in [1.807, 2.05) is 0 Å². The van der Waals surface area contributed by atoms with Crippen molar-refractivity contribution in [2.75, 3.05) is 13.2 Å². The third-order valence-corrected chi connectivity index (χ3v) is 7.20. The Morgan fingerprint density at radius 3 is 2.35 bits per heavy atom. The van der Waals surface area contributed by atoms with E-state index in [1.165, 1.54) is 49.9 Å². The van der Waals surface area contributed by atoms with Gasteiger partial charge in [-0.1, -0.05) is 6.07 Å². The van der Waals surface area contributed by atoms with Crippen LogP contribution in [0.2, 0.25) is 0 Å². The third-order valence-electron chi connectivity index (χ3n) is 6.29. The molecule has 140 valence electrons. The van der Waals surface area contributed by atoms with Gasteiger partial charge in [0.15, 0.2) is 6.61 Å². The van der Waals surface area contributed by atoms with E-state index in [1.54, 1.807) is 17.5 Å². The van der Waals surface area contributed by atoms with E-state index in [0.29, 0.717) is 11.3 Å². The van der Waals surface area contributed by atoms with Gasteiger partial charge in [-0.15, -0.1) is 11.3 Å². The molecule has 5 rings (SSSR count). The number of nitrogens with one attached hydrogen (secondary N) is 1. The third kappa shape index (κ3) is 3.85. The molecule has 1 heterocycles. The maximum absolute atomic E-state index is 12.4. The highest BCUT2D eigenvalue weighted by Crippen LogP contribution is 2.61. The van der Waals surface area contributed by atoms with E-state index in [9.17, 15) is 14.4 Å². The summed E-state index contributed by atoms with van der Waals surface area (Å²) in [4.78, 5) is 36.6. The van der Waals surface area contributed by atoms with Gasteiger partial charge in [0.05, 0.1) is 4.88 Å². The predicted octanol–water partition coefficient (Wildman–Crippen LogP) is 3.20. The Hall–Kier alpha value is -1.69. The molecule has 1 N–H and O–H groups in total. The zero-order chi connectivity index (χ0) is 18.1. The fourth-order valence-corrected chi connectivity index (χ4v) is 6.44. The standard InChI is InChI=1S/C20H25NO4S/c22-16(17-2-1-3-26-17)12-25-19(24)11-21-18(23)10-20-7-13-4-14(8-20)6-15(5-13)9-20/h1-3,13-15H,4-12H2,(H,21,23). The molecule has 0 radical (unpaired) electrons. The van der Waals surface area contributed by atoms with Gasteiger partial charge < -0.3 is 10.1 Å². The Labute approximate surface area is 157 Å². The summed E-state index contributed by atoms with van der Waals surface area (Å²) in [6.45, 7) is -0.437. The first-order valence-corrected chi connectivity index (χ1v) is 10.4. The van der Waals surface area contributed by atoms with Crippen molar-refractivity contribution >= 4 is 29.0 Å². The molecule has 1 aromatic heterocycles. The van der Waals surface area contributed by atoms with Gasteiger partial charge in [-0.3, -0.25) is 14.4 Å². The first kappa shape index (κ1) is 17.7. The Balaban J connectivity index is 1.20. The highest BCUT2D eigenvalue weighted by atomic mass is 32.1. The molecule has 6 heteroatoms. The average molecular weight is 375 g/mol. The SMILES string of the molecule is O=C(CC12CC3CC(CC(C3)C1)C2)NCC(=O)OCC(=O)c1cccs1. The number of thiophene rings is 1. The van der Waals surface area contributed by atoms with Gasteiger partial charge in [-0.25, -0.2) is 0 Å². The molecular weight excluding hydrogens is 350 g/mol. The smallest absolute Gasteiger partial charge is 0.325 e. The van der Waals surface area contributed by atoms with Crippen molar-refractivity contribution in [3.05, 3.63) is 22.4 Å². The van der Waals surface area contributed by atoms with Gasteiger partial charge in [0.2, 0.25) is 11.7 Å². The molecule has 0 aromatic carbocycles. The summed E-state index contributed by atoms with van der Waals surface area (Å²) < 4.78 is 4.98. The van der Waals surface area contributed by atoms with Crippen molar-refractivity contribution in [1.82, 2.24) is 5.32 Å². The lowest BCUT2D eigenvalue weighted by atomic mass is 9.49. The molecule has 0 aliphatic heterocycles. The summed E-state index contributed by atoms with van der Waals surface area (Å²) in [7, 11) is 0. The topological polar surface area (TPSA) is 72.5 Å². The maximum atomic E-state index is 12.4. The van der Waals surface area contributed by atoms with Gasteiger partial charge in [0.1, 0.15) is 6.54 Å². The van der Waals surface area contributed by atoms with Crippen molar-refractivity contribution in [2.24, 2.45) is 23.2 Å². The lowest BCUT2D eigenvalue weighted by Gasteiger charge is -2.56.